The van der Waals surface area contributed by atoms with Crippen molar-refractivity contribution in [1.82, 2.24) is 15.5 Å². The standard InChI is InChI=1S/C25H31N5O3/c1-33-22-10-6-5-9-21(22)23(32)28-17-25(19-7-3-2-4-8-19)13-11-20(12-14-25)30(15-16-31)24(27)29-18-26/h2-10,20,31H,11-17H2,1H3,(H2,27,29)(H,28,32). The summed E-state index contributed by atoms with van der Waals surface area (Å²) in [4.78, 5) is 14.7. The van der Waals surface area contributed by atoms with Gasteiger partial charge in [-0.1, -0.05) is 42.5 Å². The van der Waals surface area contributed by atoms with E-state index in [4.69, 9.17) is 15.4 Å². The number of benzene rings is 2. The van der Waals surface area contributed by atoms with Gasteiger partial charge in [0.25, 0.3) is 5.91 Å². The zero-order valence-electron chi connectivity index (χ0n) is 18.9. The van der Waals surface area contributed by atoms with Crippen molar-refractivity contribution in [2.45, 2.75) is 37.1 Å². The lowest BCUT2D eigenvalue weighted by Crippen LogP contribution is -2.51. The topological polar surface area (TPSA) is 121 Å². The summed E-state index contributed by atoms with van der Waals surface area (Å²) in [5.41, 5.74) is 1.43. The van der Waals surface area contributed by atoms with E-state index in [1.54, 1.807) is 30.3 Å². The summed E-state index contributed by atoms with van der Waals surface area (Å²) in [6.07, 6.45) is 4.94. The van der Waals surface area contributed by atoms with Gasteiger partial charge in [0.2, 0.25) is 5.96 Å². The second kappa shape index (κ2) is 11.3. The first-order valence-electron chi connectivity index (χ1n) is 11.1. The summed E-state index contributed by atoms with van der Waals surface area (Å²) in [6.45, 7) is 0.681. The molecule has 8 nitrogen and oxygen atoms in total. The Labute approximate surface area is 194 Å². The van der Waals surface area contributed by atoms with Crippen LogP contribution in [0.2, 0.25) is 0 Å². The SMILES string of the molecule is COc1ccccc1C(=O)NCC1(c2ccccc2)CCC(N(CCO)C(=N)NC#N)CC1. The number of para-hydroxylation sites is 1. The molecule has 0 aliphatic heterocycles. The summed E-state index contributed by atoms with van der Waals surface area (Å²) in [5.74, 6) is 0.371. The second-order valence-electron chi connectivity index (χ2n) is 8.26. The van der Waals surface area contributed by atoms with Crippen molar-refractivity contribution in [1.29, 1.82) is 10.7 Å². The van der Waals surface area contributed by atoms with E-state index in [1.165, 1.54) is 5.56 Å². The number of ether oxygens (including phenoxy) is 1. The Hall–Kier alpha value is -3.57. The predicted molar refractivity (Wildman–Crippen MR) is 126 cm³/mol. The first kappa shape index (κ1) is 24.1. The highest BCUT2D eigenvalue weighted by molar-refractivity contribution is 5.97. The summed E-state index contributed by atoms with van der Waals surface area (Å²) < 4.78 is 5.34. The van der Waals surface area contributed by atoms with Gasteiger partial charge in [-0.15, -0.1) is 0 Å². The molecular formula is C25H31N5O3. The van der Waals surface area contributed by atoms with E-state index < -0.39 is 0 Å². The molecule has 0 heterocycles. The lowest BCUT2D eigenvalue weighted by atomic mass is 9.67. The molecule has 1 aliphatic rings. The van der Waals surface area contributed by atoms with Crippen LogP contribution in [0.25, 0.3) is 0 Å². The van der Waals surface area contributed by atoms with Crippen LogP contribution in [0, 0.1) is 16.9 Å². The van der Waals surface area contributed by atoms with Crippen LogP contribution in [-0.2, 0) is 5.41 Å². The highest BCUT2D eigenvalue weighted by Crippen LogP contribution is 2.40. The molecule has 33 heavy (non-hydrogen) atoms. The van der Waals surface area contributed by atoms with Gasteiger partial charge in [-0.25, -0.2) is 0 Å². The van der Waals surface area contributed by atoms with E-state index in [0.717, 1.165) is 25.7 Å². The average molecular weight is 450 g/mol. The van der Waals surface area contributed by atoms with E-state index in [0.29, 0.717) is 24.4 Å². The van der Waals surface area contributed by atoms with Crippen LogP contribution in [-0.4, -0.2) is 54.7 Å². The molecule has 2 aromatic rings. The van der Waals surface area contributed by atoms with Gasteiger partial charge in [-0.3, -0.25) is 15.5 Å². The van der Waals surface area contributed by atoms with E-state index in [9.17, 15) is 9.90 Å². The van der Waals surface area contributed by atoms with Crippen molar-refractivity contribution in [2.24, 2.45) is 0 Å². The van der Waals surface area contributed by atoms with Gasteiger partial charge in [-0.05, 0) is 43.4 Å². The quantitative estimate of drug-likeness (QED) is 0.213. The molecule has 3 rings (SSSR count). The van der Waals surface area contributed by atoms with Crippen LogP contribution in [0.1, 0.15) is 41.6 Å². The molecule has 0 unspecified atom stereocenters. The molecular weight excluding hydrogens is 418 g/mol. The van der Waals surface area contributed by atoms with Gasteiger partial charge in [0.05, 0.1) is 19.3 Å². The zero-order chi connectivity index (χ0) is 23.7. The number of methoxy groups -OCH3 is 1. The molecule has 4 N–H and O–H groups in total. The Kier molecular flexibility index (Phi) is 8.28. The average Bonchev–Trinajstić information content (AvgIpc) is 2.87. The fourth-order valence-electron chi connectivity index (χ4n) is 4.71. The molecule has 0 aromatic heterocycles. The van der Waals surface area contributed by atoms with Crippen LogP contribution >= 0.6 is 0 Å². The van der Waals surface area contributed by atoms with E-state index in [1.807, 2.05) is 30.3 Å². The van der Waals surface area contributed by atoms with Crippen molar-refractivity contribution in [2.75, 3.05) is 26.8 Å². The monoisotopic (exact) mass is 449 g/mol. The van der Waals surface area contributed by atoms with Crippen LogP contribution in [0.3, 0.4) is 0 Å². The molecule has 174 valence electrons. The van der Waals surface area contributed by atoms with Crippen LogP contribution in [0.4, 0.5) is 0 Å². The minimum atomic E-state index is -0.245. The number of nitrogens with zero attached hydrogens (tertiary/aromatic N) is 2. The number of aliphatic hydroxyl groups is 1. The summed E-state index contributed by atoms with van der Waals surface area (Å²) >= 11 is 0. The first-order chi connectivity index (χ1) is 16.0. The molecule has 0 bridgehead atoms. The molecule has 1 amide bonds. The van der Waals surface area contributed by atoms with Gasteiger partial charge in [0.1, 0.15) is 5.75 Å². The Morgan fingerprint density at radius 1 is 1.21 bits per heavy atom. The Morgan fingerprint density at radius 2 is 1.88 bits per heavy atom. The third-order valence-electron chi connectivity index (χ3n) is 6.48. The lowest BCUT2D eigenvalue weighted by molar-refractivity contribution is 0.0923. The largest absolute Gasteiger partial charge is 0.496 e. The maximum absolute atomic E-state index is 13.0. The van der Waals surface area contributed by atoms with Gasteiger partial charge >= 0.3 is 0 Å². The highest BCUT2D eigenvalue weighted by Gasteiger charge is 2.39. The van der Waals surface area contributed by atoms with E-state index in [2.05, 4.69) is 22.8 Å². The number of nitriles is 1. The molecule has 1 saturated carbocycles. The van der Waals surface area contributed by atoms with Gasteiger partial charge in [0, 0.05) is 24.5 Å². The molecule has 8 heteroatoms. The number of hydrogen-bond donors (Lipinski definition) is 4. The fraction of sp³-hybridized carbons (Fsp3) is 0.400. The van der Waals surface area contributed by atoms with Gasteiger partial charge in [-0.2, -0.15) is 5.26 Å². The smallest absolute Gasteiger partial charge is 0.255 e. The molecule has 0 radical (unpaired) electrons. The number of carbonyl (C=O) groups is 1. The van der Waals surface area contributed by atoms with Gasteiger partial charge in [0.15, 0.2) is 6.19 Å². The van der Waals surface area contributed by atoms with Crippen molar-refractivity contribution in [3.05, 3.63) is 65.7 Å². The minimum absolute atomic E-state index is 0.00763. The maximum atomic E-state index is 13.0. The summed E-state index contributed by atoms with van der Waals surface area (Å²) in [7, 11) is 1.55. The van der Waals surface area contributed by atoms with Crippen molar-refractivity contribution in [3.63, 3.8) is 0 Å². The van der Waals surface area contributed by atoms with Gasteiger partial charge < -0.3 is 20.1 Å². The van der Waals surface area contributed by atoms with Crippen molar-refractivity contribution < 1.29 is 14.6 Å². The number of carbonyl (C=O) groups excluding carboxylic acids is 1. The molecule has 0 saturated heterocycles. The Morgan fingerprint density at radius 3 is 2.52 bits per heavy atom. The second-order valence-corrected chi connectivity index (χ2v) is 8.26. The molecule has 2 aromatic carbocycles. The third kappa shape index (κ3) is 5.62. The fourth-order valence-corrected chi connectivity index (χ4v) is 4.71. The minimum Gasteiger partial charge on any atom is -0.496 e. The van der Waals surface area contributed by atoms with E-state index >= 15 is 0 Å². The van der Waals surface area contributed by atoms with Crippen LogP contribution < -0.4 is 15.4 Å². The van der Waals surface area contributed by atoms with Crippen molar-refractivity contribution in [3.8, 4) is 11.9 Å². The predicted octanol–water partition coefficient (Wildman–Crippen LogP) is 2.61. The number of hydrogen-bond acceptors (Lipinski definition) is 5. The Balaban J connectivity index is 1.77. The summed E-state index contributed by atoms with van der Waals surface area (Å²) in [5, 5.41) is 32.0. The maximum Gasteiger partial charge on any atom is 0.255 e. The number of rotatable bonds is 8. The number of aliphatic hydroxyl groups excluding tert-OH is 1. The Bertz CT molecular complexity index is 981. The molecule has 0 atom stereocenters. The zero-order valence-corrected chi connectivity index (χ0v) is 18.9. The number of nitrogens with one attached hydrogen (secondary N) is 3. The number of amides is 1. The molecule has 1 aliphatic carbocycles. The number of guanidine groups is 1. The first-order valence-corrected chi connectivity index (χ1v) is 11.1. The normalized spacial score (nSPS) is 19.7. The van der Waals surface area contributed by atoms with E-state index in [-0.39, 0.29) is 29.9 Å². The molecule has 1 fully saturated rings. The highest BCUT2D eigenvalue weighted by atomic mass is 16.5. The third-order valence-corrected chi connectivity index (χ3v) is 6.48. The lowest BCUT2D eigenvalue weighted by Gasteiger charge is -2.44. The summed E-state index contributed by atoms with van der Waals surface area (Å²) in [6, 6.07) is 17.4. The van der Waals surface area contributed by atoms with Crippen LogP contribution in [0.15, 0.2) is 54.6 Å². The van der Waals surface area contributed by atoms with Crippen molar-refractivity contribution >= 4 is 11.9 Å². The molecule has 0 spiro atoms. The van der Waals surface area contributed by atoms with Crippen LogP contribution in [0.5, 0.6) is 5.75 Å².